The van der Waals surface area contributed by atoms with Crippen molar-refractivity contribution < 1.29 is 9.59 Å². The fourth-order valence-corrected chi connectivity index (χ4v) is 5.14. The molecule has 2 amide bonds. The van der Waals surface area contributed by atoms with Crippen LogP contribution < -0.4 is 5.32 Å². The second-order valence-corrected chi connectivity index (χ2v) is 9.17. The van der Waals surface area contributed by atoms with E-state index in [2.05, 4.69) is 10.3 Å². The molecular formula is C22H23N3O2S2. The van der Waals surface area contributed by atoms with Crippen LogP contribution in [-0.4, -0.2) is 40.5 Å². The number of aromatic nitrogens is 1. The zero-order chi connectivity index (χ0) is 20.1. The van der Waals surface area contributed by atoms with Crippen molar-refractivity contribution in [2.45, 2.75) is 30.0 Å². The van der Waals surface area contributed by atoms with Crippen molar-refractivity contribution in [1.82, 2.24) is 9.88 Å². The predicted octanol–water partition coefficient (Wildman–Crippen LogP) is 4.58. The molecule has 1 aliphatic heterocycles. The topological polar surface area (TPSA) is 62.3 Å². The van der Waals surface area contributed by atoms with Crippen LogP contribution in [0.3, 0.4) is 0 Å². The van der Waals surface area contributed by atoms with E-state index >= 15 is 0 Å². The second kappa shape index (κ2) is 9.41. The lowest BCUT2D eigenvalue weighted by atomic mass is 10.1. The number of thiazole rings is 1. The van der Waals surface area contributed by atoms with E-state index in [1.807, 2.05) is 52.7 Å². The van der Waals surface area contributed by atoms with Crippen molar-refractivity contribution >= 4 is 51.4 Å². The van der Waals surface area contributed by atoms with E-state index < -0.39 is 0 Å². The van der Waals surface area contributed by atoms with Gasteiger partial charge in [-0.05, 0) is 30.7 Å². The molecule has 0 atom stereocenters. The van der Waals surface area contributed by atoms with Gasteiger partial charge in [0.05, 0.1) is 17.9 Å². The molecule has 0 spiro atoms. The molecule has 4 rings (SSSR count). The number of nitrogens with one attached hydrogen (secondary N) is 1. The van der Waals surface area contributed by atoms with Gasteiger partial charge in [-0.3, -0.25) is 9.59 Å². The van der Waals surface area contributed by atoms with Crippen LogP contribution in [0.5, 0.6) is 0 Å². The summed E-state index contributed by atoms with van der Waals surface area (Å²) >= 11 is 2.90. The average molecular weight is 426 g/mol. The molecule has 1 saturated heterocycles. The molecule has 150 valence electrons. The average Bonchev–Trinajstić information content (AvgIpc) is 3.20. The number of piperidine rings is 1. The minimum atomic E-state index is -0.0625. The number of fused-ring (bicyclic) bond motifs is 1. The quantitative estimate of drug-likeness (QED) is 0.587. The number of likely N-dealkylation sites (tertiary alicyclic amines) is 1. The van der Waals surface area contributed by atoms with Crippen LogP contribution in [0.1, 0.15) is 25.0 Å². The molecule has 0 bridgehead atoms. The Labute approximate surface area is 178 Å². The first-order valence-electron chi connectivity index (χ1n) is 9.81. The molecule has 0 saturated carbocycles. The van der Waals surface area contributed by atoms with Crippen molar-refractivity contribution in [1.29, 1.82) is 0 Å². The third kappa shape index (κ3) is 5.16. The Morgan fingerprint density at radius 2 is 1.86 bits per heavy atom. The summed E-state index contributed by atoms with van der Waals surface area (Å²) < 4.78 is 0.819. The van der Waals surface area contributed by atoms with Crippen LogP contribution in [0.4, 0.5) is 5.69 Å². The molecule has 1 aromatic heterocycles. The molecule has 5 nitrogen and oxygen atoms in total. The molecule has 7 heteroatoms. The summed E-state index contributed by atoms with van der Waals surface area (Å²) in [4.78, 5) is 31.2. The van der Waals surface area contributed by atoms with E-state index in [0.29, 0.717) is 6.42 Å². The van der Waals surface area contributed by atoms with Gasteiger partial charge >= 0.3 is 0 Å². The number of rotatable bonds is 6. The lowest BCUT2D eigenvalue weighted by Crippen LogP contribution is -2.36. The minimum Gasteiger partial charge on any atom is -0.342 e. The van der Waals surface area contributed by atoms with Gasteiger partial charge in [-0.15, -0.1) is 11.3 Å². The highest BCUT2D eigenvalue weighted by atomic mass is 32.2. The number of carbonyl (C=O) groups is 2. The van der Waals surface area contributed by atoms with Crippen molar-refractivity contribution in [3.8, 4) is 0 Å². The lowest BCUT2D eigenvalue weighted by Gasteiger charge is -2.26. The molecule has 2 aromatic carbocycles. The summed E-state index contributed by atoms with van der Waals surface area (Å²) in [5, 5.41) is 7.04. The Hall–Kier alpha value is -2.38. The minimum absolute atomic E-state index is 0.0625. The zero-order valence-electron chi connectivity index (χ0n) is 16.1. The van der Waals surface area contributed by atoms with Crippen LogP contribution in [-0.2, 0) is 16.0 Å². The first-order chi connectivity index (χ1) is 14.2. The first-order valence-corrected chi connectivity index (χ1v) is 11.7. The standard InChI is InChI=1S/C22H23N3O2S2/c26-20(24-19-10-6-8-16-7-2-3-9-18(16)19)15-29-22-23-17(14-28-22)13-21(27)25-11-4-1-5-12-25/h2-3,6-10,14H,1,4-5,11-13,15H2,(H,24,26). The lowest BCUT2D eigenvalue weighted by molar-refractivity contribution is -0.131. The van der Waals surface area contributed by atoms with Gasteiger partial charge in [-0.1, -0.05) is 48.2 Å². The highest BCUT2D eigenvalue weighted by Crippen LogP contribution is 2.26. The van der Waals surface area contributed by atoms with E-state index in [0.717, 1.165) is 52.4 Å². The Morgan fingerprint density at radius 3 is 2.72 bits per heavy atom. The van der Waals surface area contributed by atoms with Gasteiger partial charge in [-0.2, -0.15) is 0 Å². The van der Waals surface area contributed by atoms with Crippen molar-refractivity contribution in [2.75, 3.05) is 24.2 Å². The monoisotopic (exact) mass is 425 g/mol. The molecule has 1 fully saturated rings. The van der Waals surface area contributed by atoms with E-state index in [9.17, 15) is 9.59 Å². The van der Waals surface area contributed by atoms with E-state index in [1.165, 1.54) is 29.5 Å². The number of benzene rings is 2. The Bertz CT molecular complexity index is 1010. The van der Waals surface area contributed by atoms with Gasteiger partial charge in [0.2, 0.25) is 11.8 Å². The van der Waals surface area contributed by atoms with Gasteiger partial charge in [0.1, 0.15) is 0 Å². The Morgan fingerprint density at radius 1 is 1.07 bits per heavy atom. The molecule has 29 heavy (non-hydrogen) atoms. The number of nitrogens with zero attached hydrogens (tertiary/aromatic N) is 2. The van der Waals surface area contributed by atoms with Crippen molar-refractivity contribution in [3.63, 3.8) is 0 Å². The predicted molar refractivity (Wildman–Crippen MR) is 120 cm³/mol. The highest BCUT2D eigenvalue weighted by molar-refractivity contribution is 8.01. The summed E-state index contributed by atoms with van der Waals surface area (Å²) in [6, 6.07) is 13.9. The number of hydrogen-bond donors (Lipinski definition) is 1. The maximum atomic E-state index is 12.4. The molecule has 2 heterocycles. The fraction of sp³-hybridized carbons (Fsp3) is 0.318. The van der Waals surface area contributed by atoms with Gasteiger partial charge in [-0.25, -0.2) is 4.98 Å². The number of amides is 2. The summed E-state index contributed by atoms with van der Waals surface area (Å²) in [6.07, 6.45) is 3.74. The van der Waals surface area contributed by atoms with Crippen LogP contribution in [0.25, 0.3) is 10.8 Å². The van der Waals surface area contributed by atoms with Gasteiger partial charge in [0, 0.05) is 29.5 Å². The molecule has 3 aromatic rings. The highest BCUT2D eigenvalue weighted by Gasteiger charge is 2.18. The Balaban J connectivity index is 1.30. The summed E-state index contributed by atoms with van der Waals surface area (Å²) in [5.41, 5.74) is 1.61. The third-order valence-electron chi connectivity index (χ3n) is 4.96. The molecule has 0 radical (unpaired) electrons. The van der Waals surface area contributed by atoms with Crippen LogP contribution in [0.15, 0.2) is 52.2 Å². The molecule has 0 unspecified atom stereocenters. The number of thioether (sulfide) groups is 1. The normalized spacial score (nSPS) is 14.1. The summed E-state index contributed by atoms with van der Waals surface area (Å²) in [6.45, 7) is 1.72. The fourth-order valence-electron chi connectivity index (χ4n) is 3.49. The van der Waals surface area contributed by atoms with Gasteiger partial charge in [0.25, 0.3) is 0 Å². The second-order valence-electron chi connectivity index (χ2n) is 7.09. The number of anilines is 1. The smallest absolute Gasteiger partial charge is 0.234 e. The van der Waals surface area contributed by atoms with Gasteiger partial charge < -0.3 is 10.2 Å². The molecular weight excluding hydrogens is 402 g/mol. The molecule has 1 aliphatic rings. The maximum Gasteiger partial charge on any atom is 0.234 e. The number of hydrogen-bond acceptors (Lipinski definition) is 5. The van der Waals surface area contributed by atoms with E-state index in [1.54, 1.807) is 0 Å². The first kappa shape index (κ1) is 19.9. The summed E-state index contributed by atoms with van der Waals surface area (Å²) in [7, 11) is 0. The molecule has 1 N–H and O–H groups in total. The van der Waals surface area contributed by atoms with Gasteiger partial charge in [0.15, 0.2) is 4.34 Å². The largest absolute Gasteiger partial charge is 0.342 e. The van der Waals surface area contributed by atoms with Crippen LogP contribution in [0, 0.1) is 0 Å². The van der Waals surface area contributed by atoms with Crippen LogP contribution >= 0.6 is 23.1 Å². The summed E-state index contributed by atoms with van der Waals surface area (Å²) in [5.74, 6) is 0.378. The van der Waals surface area contributed by atoms with E-state index in [4.69, 9.17) is 0 Å². The third-order valence-corrected chi connectivity index (χ3v) is 7.03. The maximum absolute atomic E-state index is 12.4. The SMILES string of the molecule is O=C(CSc1nc(CC(=O)N2CCCCC2)cs1)Nc1cccc2ccccc12. The number of carbonyl (C=O) groups excluding carboxylic acids is 2. The van der Waals surface area contributed by atoms with Crippen molar-refractivity contribution in [3.05, 3.63) is 53.5 Å². The zero-order valence-corrected chi connectivity index (χ0v) is 17.7. The Kier molecular flexibility index (Phi) is 6.46. The van der Waals surface area contributed by atoms with Crippen molar-refractivity contribution in [2.24, 2.45) is 0 Å². The molecule has 0 aliphatic carbocycles. The van der Waals surface area contributed by atoms with Crippen LogP contribution in [0.2, 0.25) is 0 Å². The van der Waals surface area contributed by atoms with E-state index in [-0.39, 0.29) is 17.6 Å².